The van der Waals surface area contributed by atoms with E-state index < -0.39 is 5.97 Å². The van der Waals surface area contributed by atoms with Gasteiger partial charge in [0.05, 0.1) is 11.9 Å². The molecule has 1 aromatic carbocycles. The van der Waals surface area contributed by atoms with Crippen molar-refractivity contribution in [3.8, 4) is 11.3 Å². The second kappa shape index (κ2) is 4.88. The van der Waals surface area contributed by atoms with Gasteiger partial charge in [-0.3, -0.25) is 9.89 Å². The summed E-state index contributed by atoms with van der Waals surface area (Å²) in [6.07, 6.45) is 5.92. The molecule has 1 aliphatic carbocycles. The van der Waals surface area contributed by atoms with E-state index in [-0.39, 0.29) is 6.42 Å². The SMILES string of the molecule is O=C(O)CCc1cn[nH]c1-c1ccc2c(c1)CCC2. The number of rotatable bonds is 4. The van der Waals surface area contributed by atoms with E-state index in [1.54, 1.807) is 6.20 Å². The standard InChI is InChI=1S/C15H16N2O2/c18-14(19)7-6-13-9-16-17-15(13)12-5-4-10-2-1-3-11(10)8-12/h4-5,8-9H,1-3,6-7H2,(H,16,17)(H,18,19). The number of nitrogens with zero attached hydrogens (tertiary/aromatic N) is 1. The fourth-order valence-corrected chi connectivity index (χ4v) is 2.72. The van der Waals surface area contributed by atoms with E-state index in [4.69, 9.17) is 5.11 Å². The molecule has 19 heavy (non-hydrogen) atoms. The monoisotopic (exact) mass is 256 g/mol. The number of aromatic amines is 1. The lowest BCUT2D eigenvalue weighted by Crippen LogP contribution is -1.98. The van der Waals surface area contributed by atoms with Gasteiger partial charge in [-0.25, -0.2) is 0 Å². The van der Waals surface area contributed by atoms with Gasteiger partial charge in [-0.05, 0) is 48.4 Å². The Morgan fingerprint density at radius 3 is 3.00 bits per heavy atom. The molecule has 3 rings (SSSR count). The molecule has 1 aromatic heterocycles. The van der Waals surface area contributed by atoms with Gasteiger partial charge in [0, 0.05) is 12.0 Å². The molecule has 2 N–H and O–H groups in total. The third kappa shape index (κ3) is 2.38. The van der Waals surface area contributed by atoms with E-state index >= 15 is 0 Å². The van der Waals surface area contributed by atoms with Crippen LogP contribution in [0.5, 0.6) is 0 Å². The maximum Gasteiger partial charge on any atom is 0.303 e. The van der Waals surface area contributed by atoms with Crippen molar-refractivity contribution in [2.45, 2.75) is 32.1 Å². The third-order valence-electron chi connectivity index (χ3n) is 3.71. The molecule has 4 nitrogen and oxygen atoms in total. The van der Waals surface area contributed by atoms with Gasteiger partial charge in [-0.15, -0.1) is 0 Å². The predicted molar refractivity (Wildman–Crippen MR) is 72.0 cm³/mol. The largest absolute Gasteiger partial charge is 0.481 e. The highest BCUT2D eigenvalue weighted by molar-refractivity contribution is 5.69. The lowest BCUT2D eigenvalue weighted by Gasteiger charge is -2.05. The number of hydrogen-bond donors (Lipinski definition) is 2. The van der Waals surface area contributed by atoms with Crippen LogP contribution >= 0.6 is 0 Å². The van der Waals surface area contributed by atoms with Crippen LogP contribution in [0, 0.1) is 0 Å². The van der Waals surface area contributed by atoms with E-state index in [0.717, 1.165) is 23.2 Å². The summed E-state index contributed by atoms with van der Waals surface area (Å²) in [5.74, 6) is -0.777. The average Bonchev–Trinajstić information content (AvgIpc) is 3.04. The van der Waals surface area contributed by atoms with Crippen LogP contribution in [0.15, 0.2) is 24.4 Å². The Morgan fingerprint density at radius 1 is 1.32 bits per heavy atom. The number of aryl methyl sites for hydroxylation is 3. The Morgan fingerprint density at radius 2 is 2.16 bits per heavy atom. The van der Waals surface area contributed by atoms with Crippen LogP contribution < -0.4 is 0 Å². The summed E-state index contributed by atoms with van der Waals surface area (Å²) < 4.78 is 0. The van der Waals surface area contributed by atoms with Crippen molar-refractivity contribution in [1.29, 1.82) is 0 Å². The minimum atomic E-state index is -0.777. The molecular weight excluding hydrogens is 240 g/mol. The highest BCUT2D eigenvalue weighted by Crippen LogP contribution is 2.29. The number of carboxylic acid groups (broad SMARTS) is 1. The molecule has 0 amide bonds. The van der Waals surface area contributed by atoms with Crippen molar-refractivity contribution < 1.29 is 9.90 Å². The van der Waals surface area contributed by atoms with Crippen molar-refractivity contribution in [1.82, 2.24) is 10.2 Å². The first-order valence-corrected chi connectivity index (χ1v) is 6.60. The number of carboxylic acids is 1. The van der Waals surface area contributed by atoms with Crippen LogP contribution in [-0.4, -0.2) is 21.3 Å². The highest BCUT2D eigenvalue weighted by Gasteiger charge is 2.14. The fourth-order valence-electron chi connectivity index (χ4n) is 2.72. The second-order valence-electron chi connectivity index (χ2n) is 5.00. The summed E-state index contributed by atoms with van der Waals surface area (Å²) in [7, 11) is 0. The quantitative estimate of drug-likeness (QED) is 0.883. The van der Waals surface area contributed by atoms with Crippen molar-refractivity contribution >= 4 is 5.97 Å². The molecule has 2 aromatic rings. The molecule has 0 unspecified atom stereocenters. The lowest BCUT2D eigenvalue weighted by atomic mass is 10.0. The molecule has 1 heterocycles. The molecule has 0 saturated heterocycles. The normalized spacial score (nSPS) is 13.5. The molecule has 98 valence electrons. The van der Waals surface area contributed by atoms with Crippen LogP contribution in [-0.2, 0) is 24.1 Å². The van der Waals surface area contributed by atoms with Gasteiger partial charge >= 0.3 is 5.97 Å². The number of benzene rings is 1. The number of fused-ring (bicyclic) bond motifs is 1. The van der Waals surface area contributed by atoms with E-state index in [1.807, 2.05) is 0 Å². The molecule has 0 atom stereocenters. The van der Waals surface area contributed by atoms with Crippen LogP contribution in [0.4, 0.5) is 0 Å². The maximum absolute atomic E-state index is 10.7. The van der Waals surface area contributed by atoms with Gasteiger partial charge in [-0.2, -0.15) is 5.10 Å². The fraction of sp³-hybridized carbons (Fsp3) is 0.333. The second-order valence-corrected chi connectivity index (χ2v) is 5.00. The minimum absolute atomic E-state index is 0.136. The lowest BCUT2D eigenvalue weighted by molar-refractivity contribution is -0.136. The first kappa shape index (κ1) is 12.0. The van der Waals surface area contributed by atoms with Crippen molar-refractivity contribution in [2.75, 3.05) is 0 Å². The van der Waals surface area contributed by atoms with Crippen LogP contribution in [0.25, 0.3) is 11.3 Å². The van der Waals surface area contributed by atoms with Crippen LogP contribution in [0.2, 0.25) is 0 Å². The number of aromatic nitrogens is 2. The smallest absolute Gasteiger partial charge is 0.303 e. The van der Waals surface area contributed by atoms with Gasteiger partial charge in [0.2, 0.25) is 0 Å². The van der Waals surface area contributed by atoms with E-state index in [0.29, 0.717) is 6.42 Å². The minimum Gasteiger partial charge on any atom is -0.481 e. The summed E-state index contributed by atoms with van der Waals surface area (Å²) in [4.78, 5) is 10.7. The van der Waals surface area contributed by atoms with Gasteiger partial charge < -0.3 is 5.11 Å². The Hall–Kier alpha value is -2.10. The summed E-state index contributed by atoms with van der Waals surface area (Å²) >= 11 is 0. The molecule has 0 radical (unpaired) electrons. The van der Waals surface area contributed by atoms with Gasteiger partial charge in [0.1, 0.15) is 0 Å². The zero-order valence-electron chi connectivity index (χ0n) is 10.6. The number of aliphatic carboxylic acids is 1. The highest BCUT2D eigenvalue weighted by atomic mass is 16.4. The third-order valence-corrected chi connectivity index (χ3v) is 3.71. The first-order valence-electron chi connectivity index (χ1n) is 6.60. The molecule has 1 aliphatic rings. The van der Waals surface area contributed by atoms with E-state index in [2.05, 4.69) is 28.4 Å². The number of carbonyl (C=O) groups is 1. The summed E-state index contributed by atoms with van der Waals surface area (Å²) in [6.45, 7) is 0. The number of nitrogens with one attached hydrogen (secondary N) is 1. The van der Waals surface area contributed by atoms with Crippen LogP contribution in [0.1, 0.15) is 29.5 Å². The molecular formula is C15H16N2O2. The molecule has 0 saturated carbocycles. The van der Waals surface area contributed by atoms with Gasteiger partial charge in [0.15, 0.2) is 0 Å². The van der Waals surface area contributed by atoms with E-state index in [9.17, 15) is 4.79 Å². The summed E-state index contributed by atoms with van der Waals surface area (Å²) in [6, 6.07) is 6.49. The summed E-state index contributed by atoms with van der Waals surface area (Å²) in [5, 5.41) is 15.8. The van der Waals surface area contributed by atoms with E-state index in [1.165, 1.54) is 24.0 Å². The molecule has 0 fully saturated rings. The molecule has 0 spiro atoms. The first-order chi connectivity index (χ1) is 9.24. The maximum atomic E-state index is 10.7. The summed E-state index contributed by atoms with van der Waals surface area (Å²) in [5.41, 5.74) is 5.89. The Labute approximate surface area is 111 Å². The number of H-pyrrole nitrogens is 1. The van der Waals surface area contributed by atoms with Gasteiger partial charge in [0.25, 0.3) is 0 Å². The van der Waals surface area contributed by atoms with Crippen molar-refractivity contribution in [2.24, 2.45) is 0 Å². The number of hydrogen-bond acceptors (Lipinski definition) is 2. The zero-order valence-corrected chi connectivity index (χ0v) is 10.6. The molecule has 4 heteroatoms. The van der Waals surface area contributed by atoms with Crippen LogP contribution in [0.3, 0.4) is 0 Å². The Balaban J connectivity index is 1.90. The average molecular weight is 256 g/mol. The Kier molecular flexibility index (Phi) is 3.07. The molecule has 0 bridgehead atoms. The zero-order chi connectivity index (χ0) is 13.2. The molecule has 0 aliphatic heterocycles. The van der Waals surface area contributed by atoms with Gasteiger partial charge in [-0.1, -0.05) is 12.1 Å². The topological polar surface area (TPSA) is 66.0 Å². The predicted octanol–water partition coefficient (Wildman–Crippen LogP) is 2.58. The van der Waals surface area contributed by atoms with Crippen molar-refractivity contribution in [3.05, 3.63) is 41.1 Å². The Bertz CT molecular complexity index is 616. The van der Waals surface area contributed by atoms with Crippen molar-refractivity contribution in [3.63, 3.8) is 0 Å².